The van der Waals surface area contributed by atoms with E-state index in [9.17, 15) is 9.59 Å². The molecule has 3 unspecified atom stereocenters. The van der Waals surface area contributed by atoms with Crippen LogP contribution >= 0.6 is 0 Å². The quantitative estimate of drug-likeness (QED) is 0.0283. The van der Waals surface area contributed by atoms with Crippen LogP contribution in [0.25, 0.3) is 0 Å². The van der Waals surface area contributed by atoms with E-state index in [1.807, 2.05) is 0 Å². The number of rotatable bonds is 45. The maximum atomic E-state index is 12.6. The molecular formula is C60H115NO6. The van der Waals surface area contributed by atoms with E-state index < -0.39 is 6.09 Å². The molecule has 0 aliphatic heterocycles. The SMILES string of the molecule is C=C(CCC(OCCCCCCCC)C1CC1)OCC(COC(=O)CCCCCCC/C=C\C/C=C\CCCCC)COC(=O)NCC(C)CCCC.CCC(C)C.CCCCCCCCC. The number of amides is 1. The Hall–Kier alpha value is -2.28. The van der Waals surface area contributed by atoms with Gasteiger partial charge in [-0.05, 0) is 88.4 Å². The van der Waals surface area contributed by atoms with Crippen LogP contribution in [0.1, 0.15) is 274 Å². The lowest BCUT2D eigenvalue weighted by molar-refractivity contribution is -0.146. The van der Waals surface area contributed by atoms with Crippen LogP contribution in [0.4, 0.5) is 4.79 Å². The van der Waals surface area contributed by atoms with Crippen molar-refractivity contribution in [2.45, 2.75) is 280 Å². The van der Waals surface area contributed by atoms with Crippen LogP contribution in [0.15, 0.2) is 36.6 Å². The molecule has 0 spiro atoms. The minimum absolute atomic E-state index is 0.117. The molecule has 396 valence electrons. The van der Waals surface area contributed by atoms with E-state index in [4.69, 9.17) is 18.9 Å². The van der Waals surface area contributed by atoms with Crippen LogP contribution < -0.4 is 5.32 Å². The first-order valence-corrected chi connectivity index (χ1v) is 28.9. The van der Waals surface area contributed by atoms with Gasteiger partial charge in [0.2, 0.25) is 0 Å². The van der Waals surface area contributed by atoms with Crippen LogP contribution in [0.2, 0.25) is 0 Å². The average Bonchev–Trinajstić information content (AvgIpc) is 4.18. The summed E-state index contributed by atoms with van der Waals surface area (Å²) in [6, 6.07) is 0. The van der Waals surface area contributed by atoms with Crippen molar-refractivity contribution in [3.63, 3.8) is 0 Å². The molecule has 7 heteroatoms. The molecule has 7 nitrogen and oxygen atoms in total. The van der Waals surface area contributed by atoms with Gasteiger partial charge in [-0.25, -0.2) is 4.79 Å². The first-order valence-electron chi connectivity index (χ1n) is 28.9. The van der Waals surface area contributed by atoms with Crippen molar-refractivity contribution < 1.29 is 28.5 Å². The fourth-order valence-electron chi connectivity index (χ4n) is 7.35. The lowest BCUT2D eigenvalue weighted by atomic mass is 10.1. The van der Waals surface area contributed by atoms with E-state index in [1.54, 1.807) is 0 Å². The van der Waals surface area contributed by atoms with E-state index in [2.05, 4.69) is 98.5 Å². The van der Waals surface area contributed by atoms with Crippen molar-refractivity contribution in [1.29, 1.82) is 0 Å². The molecule has 67 heavy (non-hydrogen) atoms. The highest BCUT2D eigenvalue weighted by molar-refractivity contribution is 5.69. The van der Waals surface area contributed by atoms with Gasteiger partial charge in [-0.1, -0.05) is 222 Å². The highest BCUT2D eigenvalue weighted by atomic mass is 16.6. The fraction of sp³-hybridized carbons (Fsp3) is 0.867. The zero-order valence-electron chi connectivity index (χ0n) is 46.2. The Morgan fingerprint density at radius 3 is 1.60 bits per heavy atom. The predicted molar refractivity (Wildman–Crippen MR) is 291 cm³/mol. The Kier molecular flexibility index (Phi) is 52.9. The lowest BCUT2D eigenvalue weighted by Gasteiger charge is -2.21. The van der Waals surface area contributed by atoms with Gasteiger partial charge in [0.25, 0.3) is 0 Å². The molecule has 3 atom stereocenters. The van der Waals surface area contributed by atoms with Crippen LogP contribution in [0.5, 0.6) is 0 Å². The Balaban J connectivity index is 0. The van der Waals surface area contributed by atoms with Crippen molar-refractivity contribution in [2.75, 3.05) is 33.0 Å². The smallest absolute Gasteiger partial charge is 0.407 e. The molecule has 0 aromatic heterocycles. The molecule has 0 bridgehead atoms. The van der Waals surface area contributed by atoms with E-state index in [1.165, 1.54) is 135 Å². The summed E-state index contributed by atoms with van der Waals surface area (Å²) in [4.78, 5) is 25.1. The topological polar surface area (TPSA) is 83.1 Å². The third kappa shape index (κ3) is 52.9. The Bertz CT molecular complexity index is 1110. The molecule has 1 aliphatic rings. The molecule has 0 radical (unpaired) electrons. The minimum Gasteiger partial charge on any atom is -0.498 e. The summed E-state index contributed by atoms with van der Waals surface area (Å²) >= 11 is 0. The number of carbonyl (C=O) groups excluding carboxylic acids is 2. The van der Waals surface area contributed by atoms with Crippen LogP contribution in [-0.4, -0.2) is 51.1 Å². The lowest BCUT2D eigenvalue weighted by Crippen LogP contribution is -2.32. The largest absolute Gasteiger partial charge is 0.498 e. The fourth-order valence-corrected chi connectivity index (χ4v) is 7.35. The second kappa shape index (κ2) is 53.1. The van der Waals surface area contributed by atoms with Gasteiger partial charge in [0.15, 0.2) is 0 Å². The van der Waals surface area contributed by atoms with Gasteiger partial charge in [-0.3, -0.25) is 4.79 Å². The second-order valence-corrected chi connectivity index (χ2v) is 20.2. The van der Waals surface area contributed by atoms with Crippen molar-refractivity contribution in [1.82, 2.24) is 5.32 Å². The van der Waals surface area contributed by atoms with Gasteiger partial charge in [0.1, 0.15) is 13.2 Å². The summed E-state index contributed by atoms with van der Waals surface area (Å²) in [5.41, 5.74) is 0. The number of allylic oxidation sites excluding steroid dienone is 5. The predicted octanol–water partition coefficient (Wildman–Crippen LogP) is 18.8. The van der Waals surface area contributed by atoms with Crippen molar-refractivity contribution >= 4 is 12.1 Å². The molecule has 1 aliphatic carbocycles. The van der Waals surface area contributed by atoms with Crippen molar-refractivity contribution in [3.8, 4) is 0 Å². The number of carbonyl (C=O) groups is 2. The molecule has 1 rings (SSSR count). The Morgan fingerprint density at radius 1 is 0.567 bits per heavy atom. The summed E-state index contributed by atoms with van der Waals surface area (Å²) in [5, 5.41) is 2.88. The number of hydrogen-bond acceptors (Lipinski definition) is 6. The second-order valence-electron chi connectivity index (χ2n) is 20.2. The summed E-state index contributed by atoms with van der Waals surface area (Å²) in [7, 11) is 0. The third-order valence-electron chi connectivity index (χ3n) is 12.6. The molecule has 0 saturated heterocycles. The number of nitrogens with one attached hydrogen (secondary N) is 1. The van der Waals surface area contributed by atoms with E-state index in [-0.39, 0.29) is 37.8 Å². The van der Waals surface area contributed by atoms with Gasteiger partial charge in [0.05, 0.1) is 24.4 Å². The van der Waals surface area contributed by atoms with Gasteiger partial charge in [0, 0.05) is 26.0 Å². The zero-order valence-corrected chi connectivity index (χ0v) is 46.2. The van der Waals surface area contributed by atoms with E-state index in [0.717, 1.165) is 83.2 Å². The maximum absolute atomic E-state index is 12.6. The molecule has 1 amide bonds. The number of ether oxygens (including phenoxy) is 4. The van der Waals surface area contributed by atoms with Crippen LogP contribution in [0, 0.1) is 23.7 Å². The monoisotopic (exact) mass is 946 g/mol. The van der Waals surface area contributed by atoms with Crippen molar-refractivity contribution in [3.05, 3.63) is 36.6 Å². The van der Waals surface area contributed by atoms with Gasteiger partial charge >= 0.3 is 12.1 Å². The maximum Gasteiger partial charge on any atom is 0.407 e. The zero-order chi connectivity index (χ0) is 49.9. The normalized spacial score (nSPS) is 13.7. The molecule has 1 N–H and O–H groups in total. The van der Waals surface area contributed by atoms with Crippen molar-refractivity contribution in [2.24, 2.45) is 23.7 Å². The number of unbranched alkanes of at least 4 members (excludes halogenated alkanes) is 20. The average molecular weight is 947 g/mol. The first kappa shape index (κ1) is 66.8. The standard InChI is InChI=1S/C46H83NO6.C9H20.C5H12/c1-6-9-12-14-16-17-18-19-20-21-22-23-24-25-27-30-45(48)52-38-42(39-53-46(49)47-36-40(4)29-11-8-3)37-51-41(5)31-34-44(43-32-33-43)50-35-28-26-15-13-10-7-2;1-3-5-7-9-8-6-4-2;1-4-5(2)3/h16-17,19-20,40,42-44H,5-15,18,21-39H2,1-4H3,(H,47,49);3-9H2,1-2H3;5H,4H2,1-3H3/b17-16-,20-19-;;. The van der Waals surface area contributed by atoms with Crippen LogP contribution in [-0.2, 0) is 23.7 Å². The van der Waals surface area contributed by atoms with E-state index >= 15 is 0 Å². The summed E-state index contributed by atoms with van der Waals surface area (Å²) in [6.07, 6.45) is 48.3. The molecule has 0 heterocycles. The minimum atomic E-state index is -0.441. The Morgan fingerprint density at radius 2 is 1.04 bits per heavy atom. The van der Waals surface area contributed by atoms with Gasteiger partial charge in [-0.15, -0.1) is 0 Å². The number of hydrogen-bond donors (Lipinski definition) is 1. The third-order valence-corrected chi connectivity index (χ3v) is 12.6. The highest BCUT2D eigenvalue weighted by Gasteiger charge is 2.31. The van der Waals surface area contributed by atoms with Gasteiger partial charge in [-0.2, -0.15) is 0 Å². The summed E-state index contributed by atoms with van der Waals surface area (Å²) in [6.45, 7) is 26.1. The summed E-state index contributed by atoms with van der Waals surface area (Å²) < 4.78 is 23.6. The van der Waals surface area contributed by atoms with Crippen LogP contribution in [0.3, 0.4) is 0 Å². The first-order chi connectivity index (χ1) is 32.6. The Labute approximate surface area is 418 Å². The van der Waals surface area contributed by atoms with Gasteiger partial charge < -0.3 is 24.3 Å². The number of alkyl carbamates (subject to hydrolysis) is 1. The van der Waals surface area contributed by atoms with E-state index in [0.29, 0.717) is 30.6 Å². The number of esters is 1. The molecule has 0 aromatic rings. The molecular weight excluding hydrogens is 831 g/mol. The highest BCUT2D eigenvalue weighted by Crippen LogP contribution is 2.37. The molecule has 1 saturated carbocycles. The molecule has 0 aromatic carbocycles. The summed E-state index contributed by atoms with van der Waals surface area (Å²) in [5.74, 6) is 2.17. The molecule has 1 fully saturated rings.